The van der Waals surface area contributed by atoms with Crippen molar-refractivity contribution < 1.29 is 4.79 Å². The van der Waals surface area contributed by atoms with Crippen LogP contribution in [0.25, 0.3) is 0 Å². The third-order valence-corrected chi connectivity index (χ3v) is 4.28. The van der Waals surface area contributed by atoms with Crippen LogP contribution in [-0.4, -0.2) is 30.8 Å². The van der Waals surface area contributed by atoms with Crippen molar-refractivity contribution in [1.29, 1.82) is 0 Å². The second-order valence-corrected chi connectivity index (χ2v) is 5.93. The summed E-state index contributed by atoms with van der Waals surface area (Å²) in [6.45, 7) is 3.52. The minimum atomic E-state index is 0.592. The van der Waals surface area contributed by atoms with Crippen molar-refractivity contribution in [3.63, 3.8) is 0 Å². The molecule has 109 valence electrons. The van der Waals surface area contributed by atoms with Crippen molar-refractivity contribution >= 4 is 6.29 Å². The predicted molar refractivity (Wildman–Crippen MR) is 83.5 cm³/mol. The van der Waals surface area contributed by atoms with Crippen molar-refractivity contribution in [2.75, 3.05) is 19.6 Å². The zero-order chi connectivity index (χ0) is 14.0. The molecule has 0 bridgehead atoms. The fourth-order valence-corrected chi connectivity index (χ4v) is 3.20. The van der Waals surface area contributed by atoms with E-state index < -0.39 is 0 Å². The number of benzene rings is 1. The Hall–Kier alpha value is -1.15. The zero-order valence-corrected chi connectivity index (χ0v) is 12.4. The Labute approximate surface area is 123 Å². The first-order valence-corrected chi connectivity index (χ1v) is 8.00. The SMILES string of the molecule is O=[C]CCCN1CCCC(CCCc2ccccc2)C1. The Morgan fingerprint density at radius 3 is 2.85 bits per heavy atom. The molecule has 1 heterocycles. The van der Waals surface area contributed by atoms with E-state index in [9.17, 15) is 4.79 Å². The van der Waals surface area contributed by atoms with Crippen LogP contribution in [0, 0.1) is 5.92 Å². The highest BCUT2D eigenvalue weighted by atomic mass is 16.1. The highest BCUT2D eigenvalue weighted by molar-refractivity contribution is 5.50. The lowest BCUT2D eigenvalue weighted by Crippen LogP contribution is -2.36. The number of hydrogen-bond donors (Lipinski definition) is 0. The van der Waals surface area contributed by atoms with E-state index in [-0.39, 0.29) is 0 Å². The number of piperidine rings is 1. The lowest BCUT2D eigenvalue weighted by atomic mass is 9.92. The van der Waals surface area contributed by atoms with Crippen LogP contribution in [0.1, 0.15) is 44.1 Å². The number of aryl methyl sites for hydroxylation is 1. The number of nitrogens with zero attached hydrogens (tertiary/aromatic N) is 1. The molecule has 0 saturated carbocycles. The summed E-state index contributed by atoms with van der Waals surface area (Å²) in [6.07, 6.45) is 10.1. The molecular weight excluding hydrogens is 246 g/mol. The molecule has 1 aliphatic heterocycles. The third kappa shape index (κ3) is 5.46. The van der Waals surface area contributed by atoms with Gasteiger partial charge >= 0.3 is 0 Å². The summed E-state index contributed by atoms with van der Waals surface area (Å²) in [5.41, 5.74) is 1.46. The van der Waals surface area contributed by atoms with Gasteiger partial charge in [0, 0.05) is 13.0 Å². The van der Waals surface area contributed by atoms with Gasteiger partial charge in [0.05, 0.1) is 0 Å². The molecule has 1 unspecified atom stereocenters. The Kier molecular flexibility index (Phi) is 6.79. The number of hydrogen-bond acceptors (Lipinski definition) is 2. The molecule has 1 aromatic rings. The molecule has 1 aromatic carbocycles. The van der Waals surface area contributed by atoms with Gasteiger partial charge in [0.1, 0.15) is 0 Å². The van der Waals surface area contributed by atoms with Crippen LogP contribution < -0.4 is 0 Å². The van der Waals surface area contributed by atoms with E-state index in [0.29, 0.717) is 6.42 Å². The van der Waals surface area contributed by atoms with Crippen LogP contribution >= 0.6 is 0 Å². The second kappa shape index (κ2) is 8.91. The van der Waals surface area contributed by atoms with Gasteiger partial charge in [-0.2, -0.15) is 0 Å². The highest BCUT2D eigenvalue weighted by Crippen LogP contribution is 2.22. The van der Waals surface area contributed by atoms with Gasteiger partial charge in [-0.05, 0) is 63.1 Å². The third-order valence-electron chi connectivity index (χ3n) is 4.28. The van der Waals surface area contributed by atoms with Crippen molar-refractivity contribution in [2.24, 2.45) is 5.92 Å². The summed E-state index contributed by atoms with van der Waals surface area (Å²) < 4.78 is 0. The Morgan fingerprint density at radius 1 is 1.20 bits per heavy atom. The average molecular weight is 272 g/mol. The monoisotopic (exact) mass is 272 g/mol. The van der Waals surface area contributed by atoms with Crippen LogP contribution in [0.3, 0.4) is 0 Å². The van der Waals surface area contributed by atoms with Gasteiger partial charge in [0.25, 0.3) is 0 Å². The van der Waals surface area contributed by atoms with Crippen molar-refractivity contribution in [2.45, 2.75) is 44.9 Å². The van der Waals surface area contributed by atoms with Gasteiger partial charge in [-0.1, -0.05) is 30.3 Å². The van der Waals surface area contributed by atoms with E-state index in [4.69, 9.17) is 0 Å². The number of rotatable bonds is 8. The maximum Gasteiger partial charge on any atom is 0.198 e. The normalized spacial score (nSPS) is 19.9. The largest absolute Gasteiger partial charge is 0.303 e. The van der Waals surface area contributed by atoms with Crippen molar-refractivity contribution in [1.82, 2.24) is 4.90 Å². The summed E-state index contributed by atoms with van der Waals surface area (Å²) in [5, 5.41) is 0. The molecule has 2 rings (SSSR count). The molecule has 1 saturated heterocycles. The molecule has 0 aromatic heterocycles. The number of unbranched alkanes of at least 4 members (excludes halogenated alkanes) is 1. The molecule has 0 N–H and O–H groups in total. The topological polar surface area (TPSA) is 20.3 Å². The van der Waals surface area contributed by atoms with E-state index >= 15 is 0 Å². The zero-order valence-electron chi connectivity index (χ0n) is 12.4. The van der Waals surface area contributed by atoms with Crippen molar-refractivity contribution in [3.05, 3.63) is 35.9 Å². The number of carbonyl (C=O) groups excluding carboxylic acids is 1. The Balaban J connectivity index is 1.64. The van der Waals surface area contributed by atoms with E-state index in [1.165, 1.54) is 50.8 Å². The summed E-state index contributed by atoms with van der Waals surface area (Å²) >= 11 is 0. The van der Waals surface area contributed by atoms with Gasteiger partial charge in [0.2, 0.25) is 0 Å². The number of likely N-dealkylation sites (tertiary alicyclic amines) is 1. The molecule has 0 spiro atoms. The van der Waals surface area contributed by atoms with Crippen LogP contribution in [-0.2, 0) is 11.2 Å². The molecule has 20 heavy (non-hydrogen) atoms. The van der Waals surface area contributed by atoms with Crippen LogP contribution in [0.15, 0.2) is 30.3 Å². The summed E-state index contributed by atoms with van der Waals surface area (Å²) in [5.74, 6) is 0.854. The van der Waals surface area contributed by atoms with Crippen LogP contribution in [0.2, 0.25) is 0 Å². The summed E-state index contributed by atoms with van der Waals surface area (Å²) in [4.78, 5) is 12.8. The fraction of sp³-hybridized carbons (Fsp3) is 0.611. The predicted octanol–water partition coefficient (Wildman–Crippen LogP) is 3.61. The quantitative estimate of drug-likeness (QED) is 0.674. The van der Waals surface area contributed by atoms with Gasteiger partial charge in [-0.3, -0.25) is 4.79 Å². The smallest absolute Gasteiger partial charge is 0.198 e. The molecule has 2 nitrogen and oxygen atoms in total. The minimum Gasteiger partial charge on any atom is -0.303 e. The average Bonchev–Trinajstić information content (AvgIpc) is 2.49. The van der Waals surface area contributed by atoms with E-state index in [1.807, 2.05) is 6.29 Å². The molecular formula is C18H26NO. The molecule has 1 fully saturated rings. The first-order chi connectivity index (χ1) is 9.88. The van der Waals surface area contributed by atoms with Gasteiger partial charge in [-0.15, -0.1) is 0 Å². The molecule has 1 aliphatic rings. The second-order valence-electron chi connectivity index (χ2n) is 5.93. The highest BCUT2D eigenvalue weighted by Gasteiger charge is 2.18. The fourth-order valence-electron chi connectivity index (χ4n) is 3.20. The molecule has 0 amide bonds. The molecule has 2 heteroatoms. The molecule has 0 aliphatic carbocycles. The lowest BCUT2D eigenvalue weighted by molar-refractivity contribution is 0.166. The summed E-state index contributed by atoms with van der Waals surface area (Å²) in [7, 11) is 0. The molecule has 1 radical (unpaired) electrons. The maximum absolute atomic E-state index is 10.2. The van der Waals surface area contributed by atoms with Crippen LogP contribution in [0.5, 0.6) is 0 Å². The van der Waals surface area contributed by atoms with Crippen molar-refractivity contribution in [3.8, 4) is 0 Å². The Morgan fingerprint density at radius 2 is 2.05 bits per heavy atom. The van der Waals surface area contributed by atoms with E-state index in [0.717, 1.165) is 18.9 Å². The summed E-state index contributed by atoms with van der Waals surface area (Å²) in [6, 6.07) is 10.8. The van der Waals surface area contributed by atoms with E-state index in [1.54, 1.807) is 0 Å². The molecule has 1 atom stereocenters. The van der Waals surface area contributed by atoms with Gasteiger partial charge in [-0.25, -0.2) is 0 Å². The standard InChI is InChI=1S/C18H26NO/c20-15-5-4-13-19-14-7-12-18(16-19)11-6-10-17-8-2-1-3-9-17/h1-3,8-9,18H,4-7,10-14,16H2. The first-order valence-electron chi connectivity index (χ1n) is 8.00. The van der Waals surface area contributed by atoms with Crippen LogP contribution in [0.4, 0.5) is 0 Å². The minimum absolute atomic E-state index is 0.592. The Bertz CT molecular complexity index is 376. The lowest BCUT2D eigenvalue weighted by Gasteiger charge is -2.32. The van der Waals surface area contributed by atoms with Gasteiger partial charge in [0.15, 0.2) is 6.29 Å². The maximum atomic E-state index is 10.2. The van der Waals surface area contributed by atoms with Gasteiger partial charge < -0.3 is 4.90 Å². The first kappa shape index (κ1) is 15.2. The van der Waals surface area contributed by atoms with E-state index in [2.05, 4.69) is 35.2 Å².